The maximum Gasteiger partial charge on any atom is 0.135 e. The molecule has 1 heterocycles. The first kappa shape index (κ1) is 15.4. The minimum Gasteiger partial charge on any atom is -0.457 e. The van der Waals surface area contributed by atoms with E-state index in [0.29, 0.717) is 18.3 Å². The summed E-state index contributed by atoms with van der Waals surface area (Å²) in [5.41, 5.74) is 1.61. The summed E-state index contributed by atoms with van der Waals surface area (Å²) in [4.78, 5) is 4.23. The lowest BCUT2D eigenvalue weighted by molar-refractivity contribution is 0.456. The Morgan fingerprint density at radius 3 is 2.43 bits per heavy atom. The third-order valence-corrected chi connectivity index (χ3v) is 2.85. The van der Waals surface area contributed by atoms with E-state index < -0.39 is 11.6 Å². The van der Waals surface area contributed by atoms with E-state index in [1.54, 1.807) is 12.3 Å². The highest BCUT2D eigenvalue weighted by atomic mass is 19.1. The van der Waals surface area contributed by atoms with Gasteiger partial charge in [0, 0.05) is 54.3 Å². The van der Waals surface area contributed by atoms with Gasteiger partial charge in [-0.05, 0) is 6.92 Å². The van der Waals surface area contributed by atoms with Crippen molar-refractivity contribution in [3.8, 4) is 11.5 Å². The van der Waals surface area contributed by atoms with Crippen LogP contribution in [0.2, 0.25) is 0 Å². The lowest BCUT2D eigenvalue weighted by Gasteiger charge is -2.14. The molecule has 0 bridgehead atoms. The van der Waals surface area contributed by atoms with E-state index in [-0.39, 0.29) is 5.75 Å². The van der Waals surface area contributed by atoms with E-state index in [4.69, 9.17) is 4.74 Å². The monoisotopic (exact) mass is 292 g/mol. The second kappa shape index (κ2) is 6.63. The van der Waals surface area contributed by atoms with Crippen molar-refractivity contribution in [1.82, 2.24) is 10.3 Å². The second-order valence-corrected chi connectivity index (χ2v) is 5.18. The molecule has 0 spiro atoms. The molecule has 2 rings (SSSR count). The summed E-state index contributed by atoms with van der Waals surface area (Å²) in [5, 5.41) is 3.26. The van der Waals surface area contributed by atoms with Gasteiger partial charge in [0.25, 0.3) is 0 Å². The summed E-state index contributed by atoms with van der Waals surface area (Å²) in [6.45, 7) is 6.46. The quantitative estimate of drug-likeness (QED) is 0.905. The Morgan fingerprint density at radius 1 is 1.14 bits per heavy atom. The number of aromatic nitrogens is 1. The van der Waals surface area contributed by atoms with Gasteiger partial charge in [0.1, 0.15) is 23.1 Å². The largest absolute Gasteiger partial charge is 0.457 e. The van der Waals surface area contributed by atoms with Gasteiger partial charge in [-0.2, -0.15) is 0 Å². The van der Waals surface area contributed by atoms with Crippen molar-refractivity contribution in [3.63, 3.8) is 0 Å². The van der Waals surface area contributed by atoms with Crippen LogP contribution < -0.4 is 10.1 Å². The zero-order valence-electron chi connectivity index (χ0n) is 12.3. The fraction of sp³-hybridized carbons (Fsp3) is 0.312. The van der Waals surface area contributed by atoms with Gasteiger partial charge in [-0.1, -0.05) is 13.8 Å². The van der Waals surface area contributed by atoms with Crippen LogP contribution in [0.1, 0.15) is 25.1 Å². The van der Waals surface area contributed by atoms with Crippen molar-refractivity contribution in [2.45, 2.75) is 33.4 Å². The van der Waals surface area contributed by atoms with Crippen LogP contribution in [0, 0.1) is 18.6 Å². The zero-order chi connectivity index (χ0) is 15.4. The Morgan fingerprint density at radius 2 is 1.81 bits per heavy atom. The van der Waals surface area contributed by atoms with Crippen molar-refractivity contribution in [2.24, 2.45) is 0 Å². The van der Waals surface area contributed by atoms with Crippen LogP contribution in [-0.4, -0.2) is 11.0 Å². The first-order valence-electron chi connectivity index (χ1n) is 6.77. The third-order valence-electron chi connectivity index (χ3n) is 2.85. The van der Waals surface area contributed by atoms with Gasteiger partial charge < -0.3 is 10.1 Å². The Kier molecular flexibility index (Phi) is 4.85. The third kappa shape index (κ3) is 4.49. The standard InChI is InChI=1S/C16H18F2N2O/c1-10(2)19-8-12-9-20-11(3)4-16(12)21-15-6-13(17)5-14(18)7-15/h4-7,9-10,19H,8H2,1-3H3. The molecule has 1 N–H and O–H groups in total. The molecule has 21 heavy (non-hydrogen) atoms. The Labute approximate surface area is 123 Å². The Hall–Kier alpha value is -2.01. The highest BCUT2D eigenvalue weighted by Gasteiger charge is 2.09. The molecule has 0 atom stereocenters. The smallest absolute Gasteiger partial charge is 0.135 e. The maximum absolute atomic E-state index is 13.2. The fourth-order valence-electron chi connectivity index (χ4n) is 1.82. The number of rotatable bonds is 5. The molecule has 5 heteroatoms. The molecule has 2 aromatic rings. The molecule has 0 aliphatic heterocycles. The Bertz CT molecular complexity index is 609. The molecule has 0 saturated carbocycles. The van der Waals surface area contributed by atoms with Crippen LogP contribution in [-0.2, 0) is 6.54 Å². The fourth-order valence-corrected chi connectivity index (χ4v) is 1.82. The molecule has 0 amide bonds. The molecule has 3 nitrogen and oxygen atoms in total. The number of hydrogen-bond acceptors (Lipinski definition) is 3. The highest BCUT2D eigenvalue weighted by molar-refractivity contribution is 5.38. The summed E-state index contributed by atoms with van der Waals surface area (Å²) >= 11 is 0. The van der Waals surface area contributed by atoms with Crippen LogP contribution in [0.3, 0.4) is 0 Å². The molecule has 1 aromatic carbocycles. The van der Waals surface area contributed by atoms with Crippen molar-refractivity contribution in [3.05, 3.63) is 53.4 Å². The minimum absolute atomic E-state index is 0.129. The average Bonchev–Trinajstić information content (AvgIpc) is 2.36. The first-order valence-corrected chi connectivity index (χ1v) is 6.77. The number of ether oxygens (including phenoxy) is 1. The molecular weight excluding hydrogens is 274 g/mol. The number of nitrogens with one attached hydrogen (secondary N) is 1. The van der Waals surface area contributed by atoms with E-state index in [1.165, 1.54) is 0 Å². The maximum atomic E-state index is 13.2. The van der Waals surface area contributed by atoms with Gasteiger partial charge in [0.05, 0.1) is 0 Å². The number of pyridine rings is 1. The van der Waals surface area contributed by atoms with Gasteiger partial charge in [0.2, 0.25) is 0 Å². The molecule has 0 aliphatic carbocycles. The first-order chi connectivity index (χ1) is 9.94. The van der Waals surface area contributed by atoms with Crippen LogP contribution in [0.4, 0.5) is 8.78 Å². The summed E-state index contributed by atoms with van der Waals surface area (Å²) in [5.74, 6) is -0.667. The predicted molar refractivity (Wildman–Crippen MR) is 77.4 cm³/mol. The van der Waals surface area contributed by atoms with Crippen molar-refractivity contribution in [1.29, 1.82) is 0 Å². The van der Waals surface area contributed by atoms with Gasteiger partial charge in [-0.15, -0.1) is 0 Å². The van der Waals surface area contributed by atoms with Crippen LogP contribution in [0.5, 0.6) is 11.5 Å². The van der Waals surface area contributed by atoms with E-state index in [2.05, 4.69) is 10.3 Å². The van der Waals surface area contributed by atoms with E-state index in [0.717, 1.165) is 29.5 Å². The van der Waals surface area contributed by atoms with Crippen molar-refractivity contribution >= 4 is 0 Å². The van der Waals surface area contributed by atoms with Gasteiger partial charge in [-0.3, -0.25) is 4.98 Å². The molecule has 0 unspecified atom stereocenters. The number of aryl methyl sites for hydroxylation is 1. The predicted octanol–water partition coefficient (Wildman–Crippen LogP) is 3.96. The van der Waals surface area contributed by atoms with Crippen LogP contribution >= 0.6 is 0 Å². The van der Waals surface area contributed by atoms with E-state index in [9.17, 15) is 8.78 Å². The summed E-state index contributed by atoms with van der Waals surface area (Å²) < 4.78 is 32.1. The minimum atomic E-state index is -0.669. The Balaban J connectivity index is 2.26. The van der Waals surface area contributed by atoms with Gasteiger partial charge in [-0.25, -0.2) is 8.78 Å². The van der Waals surface area contributed by atoms with Gasteiger partial charge >= 0.3 is 0 Å². The topological polar surface area (TPSA) is 34.1 Å². The normalized spacial score (nSPS) is 11.0. The van der Waals surface area contributed by atoms with Gasteiger partial charge in [0.15, 0.2) is 0 Å². The second-order valence-electron chi connectivity index (χ2n) is 5.18. The number of nitrogens with zero attached hydrogens (tertiary/aromatic N) is 1. The van der Waals surface area contributed by atoms with Crippen molar-refractivity contribution < 1.29 is 13.5 Å². The lowest BCUT2D eigenvalue weighted by Crippen LogP contribution is -2.22. The van der Waals surface area contributed by atoms with E-state index >= 15 is 0 Å². The molecule has 0 aliphatic rings. The summed E-state index contributed by atoms with van der Waals surface area (Å²) in [6.07, 6.45) is 1.70. The molecule has 1 aromatic heterocycles. The number of benzene rings is 1. The molecular formula is C16H18F2N2O. The number of halogens is 2. The SMILES string of the molecule is Cc1cc(Oc2cc(F)cc(F)c2)c(CNC(C)C)cn1. The average molecular weight is 292 g/mol. The molecule has 0 saturated heterocycles. The molecule has 112 valence electrons. The molecule has 0 radical (unpaired) electrons. The summed E-state index contributed by atoms with van der Waals surface area (Å²) in [6, 6.07) is 5.18. The lowest BCUT2D eigenvalue weighted by atomic mass is 10.2. The van der Waals surface area contributed by atoms with Crippen LogP contribution in [0.25, 0.3) is 0 Å². The highest BCUT2D eigenvalue weighted by Crippen LogP contribution is 2.27. The summed E-state index contributed by atoms with van der Waals surface area (Å²) in [7, 11) is 0. The van der Waals surface area contributed by atoms with Crippen LogP contribution in [0.15, 0.2) is 30.5 Å². The molecule has 0 fully saturated rings. The number of hydrogen-bond donors (Lipinski definition) is 1. The van der Waals surface area contributed by atoms with E-state index in [1.807, 2.05) is 20.8 Å². The van der Waals surface area contributed by atoms with Crippen molar-refractivity contribution in [2.75, 3.05) is 0 Å². The zero-order valence-corrected chi connectivity index (χ0v) is 12.3.